The molecule has 0 fully saturated rings. The highest BCUT2D eigenvalue weighted by Gasteiger charge is 1.95. The summed E-state index contributed by atoms with van der Waals surface area (Å²) in [5, 5.41) is 0. The first kappa shape index (κ1) is 43.6. The fraction of sp³-hybridized carbons (Fsp3) is 0.579. The molecule has 0 rings (SSSR count). The quantitative estimate of drug-likeness (QED) is 0.0603. The lowest BCUT2D eigenvalue weighted by molar-refractivity contribution is -0.119. The van der Waals surface area contributed by atoms with Gasteiger partial charge in [-0.25, -0.2) is 0 Å². The number of allylic oxidation sites excluding steroid dienone is 12. The third-order valence-corrected chi connectivity index (χ3v) is 6.25. The van der Waals surface area contributed by atoms with Gasteiger partial charge in [-0.3, -0.25) is 9.59 Å². The fourth-order valence-electron chi connectivity index (χ4n) is 3.78. The highest BCUT2D eigenvalue weighted by Crippen LogP contribution is 2.08. The molecule has 0 atom stereocenters. The second kappa shape index (κ2) is 42.6. The van der Waals surface area contributed by atoms with Crippen LogP contribution in [-0.2, 0) is 9.59 Å². The SMILES string of the molecule is C=C.CCCCC=CC=CC=CCCCCCCCC(N)=O.CCCCC=CC=CC=CCCCCCCCC(N)=O. The van der Waals surface area contributed by atoms with E-state index in [4.69, 9.17) is 11.5 Å². The van der Waals surface area contributed by atoms with Crippen LogP contribution in [0.4, 0.5) is 0 Å². The topological polar surface area (TPSA) is 86.2 Å². The van der Waals surface area contributed by atoms with Crippen LogP contribution in [0.25, 0.3) is 0 Å². The predicted molar refractivity (Wildman–Crippen MR) is 188 cm³/mol. The van der Waals surface area contributed by atoms with Gasteiger partial charge in [0, 0.05) is 12.8 Å². The van der Waals surface area contributed by atoms with E-state index < -0.39 is 0 Å². The van der Waals surface area contributed by atoms with Gasteiger partial charge in [0.15, 0.2) is 0 Å². The maximum atomic E-state index is 10.5. The average molecular weight is 583 g/mol. The van der Waals surface area contributed by atoms with Gasteiger partial charge in [0.2, 0.25) is 11.8 Å². The van der Waals surface area contributed by atoms with Crippen molar-refractivity contribution in [2.24, 2.45) is 11.5 Å². The zero-order valence-electron chi connectivity index (χ0n) is 27.5. The van der Waals surface area contributed by atoms with Gasteiger partial charge in [0.05, 0.1) is 0 Å². The minimum absolute atomic E-state index is 0.177. The van der Waals surface area contributed by atoms with Crippen LogP contribution in [0.2, 0.25) is 0 Å². The van der Waals surface area contributed by atoms with Crippen LogP contribution in [-0.4, -0.2) is 11.8 Å². The lowest BCUT2D eigenvalue weighted by atomic mass is 10.1. The Balaban J connectivity index is -0.000000683. The lowest BCUT2D eigenvalue weighted by Crippen LogP contribution is -2.09. The first-order chi connectivity index (χ1) is 20.5. The summed E-state index contributed by atoms with van der Waals surface area (Å²) in [5.74, 6) is -0.355. The molecular formula is C38H66N2O2. The third kappa shape index (κ3) is 50.0. The van der Waals surface area contributed by atoms with Gasteiger partial charge < -0.3 is 11.5 Å². The van der Waals surface area contributed by atoms with Crippen molar-refractivity contribution in [2.75, 3.05) is 0 Å². The number of unbranched alkanes of at least 4 members (excludes halogenated alkanes) is 14. The molecule has 0 aliphatic heterocycles. The number of hydrogen-bond acceptors (Lipinski definition) is 2. The van der Waals surface area contributed by atoms with Crippen LogP contribution in [0.1, 0.15) is 142 Å². The summed E-state index contributed by atoms with van der Waals surface area (Å²) in [6.45, 7) is 10.4. The molecule has 0 saturated heterocycles. The van der Waals surface area contributed by atoms with Gasteiger partial charge in [0.25, 0.3) is 0 Å². The number of amides is 2. The minimum Gasteiger partial charge on any atom is -0.370 e. The molecule has 4 N–H and O–H groups in total. The Bertz CT molecular complexity index is 682. The van der Waals surface area contributed by atoms with Crippen LogP contribution in [0.3, 0.4) is 0 Å². The Morgan fingerprint density at radius 1 is 0.429 bits per heavy atom. The van der Waals surface area contributed by atoms with Gasteiger partial charge in [-0.2, -0.15) is 0 Å². The van der Waals surface area contributed by atoms with Crippen LogP contribution in [0.15, 0.2) is 86.1 Å². The molecule has 0 aliphatic rings. The summed E-state index contributed by atoms with van der Waals surface area (Å²) in [7, 11) is 0. The Kier molecular flexibility index (Phi) is 44.2. The molecule has 2 amide bonds. The predicted octanol–water partition coefficient (Wildman–Crippen LogP) is 10.9. The zero-order chi connectivity index (χ0) is 31.8. The first-order valence-corrected chi connectivity index (χ1v) is 16.6. The smallest absolute Gasteiger partial charge is 0.217 e. The van der Waals surface area contributed by atoms with Crippen molar-refractivity contribution in [3.63, 3.8) is 0 Å². The molecule has 0 aliphatic carbocycles. The molecule has 0 saturated carbocycles. The van der Waals surface area contributed by atoms with Crippen molar-refractivity contribution in [1.82, 2.24) is 0 Å². The number of nitrogens with two attached hydrogens (primary N) is 2. The Morgan fingerprint density at radius 3 is 0.976 bits per heavy atom. The highest BCUT2D eigenvalue weighted by atomic mass is 16.1. The van der Waals surface area contributed by atoms with E-state index in [0.29, 0.717) is 12.8 Å². The van der Waals surface area contributed by atoms with Gasteiger partial charge >= 0.3 is 0 Å². The Morgan fingerprint density at radius 2 is 0.690 bits per heavy atom. The van der Waals surface area contributed by atoms with E-state index in [2.05, 4.69) is 99.9 Å². The molecule has 0 radical (unpaired) electrons. The molecule has 0 aromatic rings. The molecule has 0 aromatic carbocycles. The molecular weight excluding hydrogens is 516 g/mol. The molecule has 0 unspecified atom stereocenters. The maximum Gasteiger partial charge on any atom is 0.217 e. The summed E-state index contributed by atoms with van der Waals surface area (Å²) < 4.78 is 0. The van der Waals surface area contributed by atoms with Gasteiger partial charge in [-0.15, -0.1) is 13.2 Å². The number of carbonyl (C=O) groups is 2. The van der Waals surface area contributed by atoms with E-state index in [-0.39, 0.29) is 11.8 Å². The fourth-order valence-corrected chi connectivity index (χ4v) is 3.78. The van der Waals surface area contributed by atoms with E-state index in [1.54, 1.807) is 0 Å². The van der Waals surface area contributed by atoms with Crippen molar-refractivity contribution in [3.8, 4) is 0 Å². The molecule has 0 spiro atoms. The van der Waals surface area contributed by atoms with Crippen molar-refractivity contribution in [1.29, 1.82) is 0 Å². The summed E-state index contributed by atoms with van der Waals surface area (Å²) in [6, 6.07) is 0. The van der Waals surface area contributed by atoms with Gasteiger partial charge in [-0.05, 0) is 51.4 Å². The van der Waals surface area contributed by atoms with Gasteiger partial charge in [0.1, 0.15) is 0 Å². The van der Waals surface area contributed by atoms with Gasteiger partial charge in [-0.1, -0.05) is 151 Å². The number of carbonyl (C=O) groups excluding carboxylic acids is 2. The minimum atomic E-state index is -0.177. The van der Waals surface area contributed by atoms with Crippen LogP contribution in [0, 0.1) is 0 Å². The Labute approximate surface area is 260 Å². The molecule has 240 valence electrons. The highest BCUT2D eigenvalue weighted by molar-refractivity contribution is 5.73. The summed E-state index contributed by atoms with van der Waals surface area (Å²) in [6.07, 6.45) is 48.0. The molecule has 0 heterocycles. The second-order valence-corrected chi connectivity index (χ2v) is 10.3. The maximum absolute atomic E-state index is 10.5. The largest absolute Gasteiger partial charge is 0.370 e. The average Bonchev–Trinajstić information content (AvgIpc) is 2.98. The molecule has 4 nitrogen and oxygen atoms in total. The van der Waals surface area contributed by atoms with Crippen LogP contribution >= 0.6 is 0 Å². The molecule has 0 aromatic heterocycles. The van der Waals surface area contributed by atoms with Crippen LogP contribution < -0.4 is 11.5 Å². The second-order valence-electron chi connectivity index (χ2n) is 10.3. The molecule has 42 heavy (non-hydrogen) atoms. The first-order valence-electron chi connectivity index (χ1n) is 16.6. The summed E-state index contributed by atoms with van der Waals surface area (Å²) in [4.78, 5) is 21.1. The van der Waals surface area contributed by atoms with Crippen LogP contribution in [0.5, 0.6) is 0 Å². The number of rotatable bonds is 26. The van der Waals surface area contributed by atoms with Crippen molar-refractivity contribution in [2.45, 2.75) is 142 Å². The number of primary amides is 2. The standard InChI is InChI=1S/2C18H31NO.C2H4/c2*1-2-3-4-5-6-7-8-9-10-11-12-13-14-15-16-17-18(19)20;1-2/h2*5-10H,2-4,11-17H2,1H3,(H2,19,20);1-2H2. The Hall–Kier alpha value is -2.88. The summed E-state index contributed by atoms with van der Waals surface area (Å²) in [5.41, 5.74) is 10.2. The van der Waals surface area contributed by atoms with Crippen molar-refractivity contribution < 1.29 is 9.59 Å². The normalized spacial score (nSPS) is 11.6. The molecule has 0 bridgehead atoms. The zero-order valence-corrected chi connectivity index (χ0v) is 27.5. The summed E-state index contributed by atoms with van der Waals surface area (Å²) >= 11 is 0. The monoisotopic (exact) mass is 583 g/mol. The van der Waals surface area contributed by atoms with Crippen molar-refractivity contribution in [3.05, 3.63) is 86.1 Å². The van der Waals surface area contributed by atoms with E-state index in [9.17, 15) is 9.59 Å². The van der Waals surface area contributed by atoms with E-state index >= 15 is 0 Å². The number of hydrogen-bond donors (Lipinski definition) is 2. The van der Waals surface area contributed by atoms with Crippen molar-refractivity contribution >= 4 is 11.8 Å². The lowest BCUT2D eigenvalue weighted by Gasteiger charge is -1.98. The third-order valence-electron chi connectivity index (χ3n) is 6.25. The van der Waals surface area contributed by atoms with E-state index in [1.165, 1.54) is 77.0 Å². The molecule has 4 heteroatoms. The van der Waals surface area contributed by atoms with E-state index in [0.717, 1.165) is 38.5 Å². The van der Waals surface area contributed by atoms with E-state index in [1.807, 2.05) is 0 Å².